The molecule has 2 aromatic heterocycles. The number of nitrogens with zero attached hydrogens (tertiary/aromatic N) is 3. The van der Waals surface area contributed by atoms with Crippen molar-refractivity contribution in [3.8, 4) is 11.3 Å². The molecule has 0 aliphatic carbocycles. The summed E-state index contributed by atoms with van der Waals surface area (Å²) in [7, 11) is 0. The van der Waals surface area contributed by atoms with Gasteiger partial charge in [0, 0.05) is 24.0 Å². The molecule has 6 heteroatoms. The van der Waals surface area contributed by atoms with Crippen LogP contribution in [0.5, 0.6) is 0 Å². The maximum absolute atomic E-state index is 13.3. The first-order valence-corrected chi connectivity index (χ1v) is 5.67. The molecule has 0 saturated carbocycles. The summed E-state index contributed by atoms with van der Waals surface area (Å²) in [5.74, 6) is -0.717. The molecule has 0 bridgehead atoms. The van der Waals surface area contributed by atoms with Crippen molar-refractivity contribution in [1.29, 1.82) is 0 Å². The Balaban J connectivity index is 2.30. The van der Waals surface area contributed by atoms with Gasteiger partial charge in [0.15, 0.2) is 5.65 Å². The van der Waals surface area contributed by atoms with Crippen LogP contribution in [-0.4, -0.2) is 14.4 Å². The van der Waals surface area contributed by atoms with E-state index in [1.807, 2.05) is 0 Å². The molecule has 19 heavy (non-hydrogen) atoms. The Kier molecular flexibility index (Phi) is 2.72. The molecule has 0 fully saturated rings. The Hall–Kier alpha value is -2.34. The van der Waals surface area contributed by atoms with Crippen LogP contribution in [0.4, 0.5) is 8.78 Å². The Morgan fingerprint density at radius 2 is 1.89 bits per heavy atom. The summed E-state index contributed by atoms with van der Waals surface area (Å²) in [5, 5.41) is 0. The number of benzene rings is 1. The van der Waals surface area contributed by atoms with Gasteiger partial charge < -0.3 is 5.73 Å². The van der Waals surface area contributed by atoms with Crippen molar-refractivity contribution in [2.75, 3.05) is 0 Å². The van der Waals surface area contributed by atoms with E-state index in [0.717, 1.165) is 6.07 Å². The topological polar surface area (TPSA) is 56.2 Å². The summed E-state index contributed by atoms with van der Waals surface area (Å²) in [4.78, 5) is 8.49. The average molecular weight is 260 g/mol. The zero-order chi connectivity index (χ0) is 13.4. The third kappa shape index (κ3) is 1.96. The summed E-state index contributed by atoms with van der Waals surface area (Å²) < 4.78 is 28.3. The van der Waals surface area contributed by atoms with Crippen molar-refractivity contribution in [2.24, 2.45) is 5.73 Å². The fourth-order valence-corrected chi connectivity index (χ4v) is 2.02. The number of hydrogen-bond acceptors (Lipinski definition) is 3. The van der Waals surface area contributed by atoms with E-state index in [4.69, 9.17) is 5.73 Å². The summed E-state index contributed by atoms with van der Waals surface area (Å²) in [6.07, 6.45) is 3.35. The van der Waals surface area contributed by atoms with Gasteiger partial charge in [0.2, 0.25) is 0 Å². The highest BCUT2D eigenvalue weighted by molar-refractivity contribution is 5.74. The minimum atomic E-state index is -0.652. The normalized spacial score (nSPS) is 11.1. The highest BCUT2D eigenvalue weighted by Crippen LogP contribution is 2.25. The first kappa shape index (κ1) is 11.7. The van der Waals surface area contributed by atoms with E-state index in [2.05, 4.69) is 9.97 Å². The number of rotatable bonds is 2. The number of aromatic nitrogens is 3. The van der Waals surface area contributed by atoms with Crippen LogP contribution in [0.3, 0.4) is 0 Å². The van der Waals surface area contributed by atoms with Crippen molar-refractivity contribution in [1.82, 2.24) is 14.4 Å². The summed E-state index contributed by atoms with van der Waals surface area (Å²) >= 11 is 0. The van der Waals surface area contributed by atoms with Crippen LogP contribution in [0, 0.1) is 11.6 Å². The second-order valence-electron chi connectivity index (χ2n) is 4.05. The van der Waals surface area contributed by atoms with Gasteiger partial charge >= 0.3 is 0 Å². The van der Waals surface area contributed by atoms with Crippen LogP contribution in [0.15, 0.2) is 36.7 Å². The summed E-state index contributed by atoms with van der Waals surface area (Å²) in [5.41, 5.74) is 6.89. The Labute approximate surface area is 107 Å². The fourth-order valence-electron chi connectivity index (χ4n) is 2.02. The molecule has 0 atom stereocenters. The highest BCUT2D eigenvalue weighted by Gasteiger charge is 2.14. The molecule has 2 N–H and O–H groups in total. The minimum absolute atomic E-state index is 0.213. The monoisotopic (exact) mass is 260 g/mol. The van der Waals surface area contributed by atoms with Gasteiger partial charge in [0.1, 0.15) is 23.2 Å². The molecule has 3 rings (SSSR count). The summed E-state index contributed by atoms with van der Waals surface area (Å²) in [6.45, 7) is 0.213. The quantitative estimate of drug-likeness (QED) is 0.768. The van der Waals surface area contributed by atoms with E-state index in [-0.39, 0.29) is 6.54 Å². The predicted molar refractivity (Wildman–Crippen MR) is 66.2 cm³/mol. The minimum Gasteiger partial charge on any atom is -0.324 e. The van der Waals surface area contributed by atoms with Gasteiger partial charge in [-0.05, 0) is 18.2 Å². The van der Waals surface area contributed by atoms with Gasteiger partial charge in [-0.25, -0.2) is 18.7 Å². The number of imidazole rings is 1. The molecule has 0 saturated heterocycles. The van der Waals surface area contributed by atoms with E-state index in [1.54, 1.807) is 22.9 Å². The predicted octanol–water partition coefficient (Wildman–Crippen LogP) is 2.13. The Morgan fingerprint density at radius 1 is 1.16 bits per heavy atom. The molecule has 1 aromatic carbocycles. The van der Waals surface area contributed by atoms with Crippen LogP contribution >= 0.6 is 0 Å². The van der Waals surface area contributed by atoms with E-state index in [1.165, 1.54) is 12.1 Å². The Morgan fingerprint density at radius 3 is 2.58 bits per heavy atom. The molecule has 0 aliphatic rings. The van der Waals surface area contributed by atoms with Crippen molar-refractivity contribution in [2.45, 2.75) is 6.54 Å². The van der Waals surface area contributed by atoms with Crippen LogP contribution in [-0.2, 0) is 6.54 Å². The lowest BCUT2D eigenvalue weighted by atomic mass is 10.1. The first-order chi connectivity index (χ1) is 9.19. The third-order valence-corrected chi connectivity index (χ3v) is 2.80. The van der Waals surface area contributed by atoms with Crippen molar-refractivity contribution >= 4 is 5.65 Å². The van der Waals surface area contributed by atoms with Gasteiger partial charge in [-0.15, -0.1) is 0 Å². The molecule has 0 radical (unpaired) electrons. The van der Waals surface area contributed by atoms with Crippen molar-refractivity contribution < 1.29 is 8.78 Å². The number of hydrogen-bond donors (Lipinski definition) is 1. The van der Waals surface area contributed by atoms with Crippen LogP contribution in [0.2, 0.25) is 0 Å². The molecule has 3 aromatic rings. The molecule has 0 amide bonds. The maximum atomic E-state index is 13.3. The molecule has 0 unspecified atom stereocenters. The number of fused-ring (bicyclic) bond motifs is 1. The highest BCUT2D eigenvalue weighted by atomic mass is 19.1. The van der Waals surface area contributed by atoms with Gasteiger partial charge in [0.25, 0.3) is 0 Å². The van der Waals surface area contributed by atoms with Gasteiger partial charge in [-0.1, -0.05) is 0 Å². The van der Waals surface area contributed by atoms with E-state index in [9.17, 15) is 8.78 Å². The molecule has 0 spiro atoms. The standard InChI is InChI=1S/C13H10F2N4/c14-9-4-8(5-10(15)6-9)12-13-17-2-1-3-19(13)11(7-16)18-12/h1-6H,7,16H2. The molecule has 2 heterocycles. The second-order valence-corrected chi connectivity index (χ2v) is 4.05. The van der Waals surface area contributed by atoms with Crippen LogP contribution in [0.1, 0.15) is 5.82 Å². The van der Waals surface area contributed by atoms with E-state index < -0.39 is 11.6 Å². The van der Waals surface area contributed by atoms with Crippen LogP contribution in [0.25, 0.3) is 16.9 Å². The van der Waals surface area contributed by atoms with E-state index in [0.29, 0.717) is 22.7 Å². The largest absolute Gasteiger partial charge is 0.324 e. The lowest BCUT2D eigenvalue weighted by Gasteiger charge is -1.99. The van der Waals surface area contributed by atoms with Crippen molar-refractivity contribution in [3.63, 3.8) is 0 Å². The van der Waals surface area contributed by atoms with Gasteiger partial charge in [-0.2, -0.15) is 0 Å². The zero-order valence-electron chi connectivity index (χ0n) is 9.85. The van der Waals surface area contributed by atoms with E-state index >= 15 is 0 Å². The zero-order valence-corrected chi connectivity index (χ0v) is 9.85. The lowest BCUT2D eigenvalue weighted by Crippen LogP contribution is -2.02. The number of halogens is 2. The lowest BCUT2D eigenvalue weighted by molar-refractivity contribution is 0.584. The third-order valence-electron chi connectivity index (χ3n) is 2.80. The van der Waals surface area contributed by atoms with Crippen LogP contribution < -0.4 is 5.73 Å². The fraction of sp³-hybridized carbons (Fsp3) is 0.0769. The second kappa shape index (κ2) is 4.40. The van der Waals surface area contributed by atoms with Gasteiger partial charge in [-0.3, -0.25) is 4.40 Å². The Bertz CT molecular complexity index is 731. The molecular formula is C13H10F2N4. The van der Waals surface area contributed by atoms with Gasteiger partial charge in [0.05, 0.1) is 6.54 Å². The van der Waals surface area contributed by atoms with Crippen molar-refractivity contribution in [3.05, 3.63) is 54.1 Å². The first-order valence-electron chi connectivity index (χ1n) is 5.67. The maximum Gasteiger partial charge on any atom is 0.164 e. The average Bonchev–Trinajstić information content (AvgIpc) is 2.76. The molecular weight excluding hydrogens is 250 g/mol. The SMILES string of the molecule is NCc1nc(-c2cc(F)cc(F)c2)c2ncccn12. The number of nitrogens with two attached hydrogens (primary N) is 1. The molecule has 96 valence electrons. The summed E-state index contributed by atoms with van der Waals surface area (Å²) in [6, 6.07) is 5.00. The molecule has 0 aliphatic heterocycles. The smallest absolute Gasteiger partial charge is 0.164 e. The molecule has 4 nitrogen and oxygen atoms in total.